The normalized spacial score (nSPS) is 39.8. The molecule has 4 heteroatoms. The third kappa shape index (κ3) is 2.85. The maximum atomic E-state index is 11.8. The summed E-state index contributed by atoms with van der Waals surface area (Å²) in [5, 5.41) is 13.0. The number of rotatable bonds is 6. The molecule has 1 aliphatic heterocycles. The summed E-state index contributed by atoms with van der Waals surface area (Å²) in [5.74, 6) is 1.54. The van der Waals surface area contributed by atoms with E-state index in [1.807, 2.05) is 6.92 Å². The van der Waals surface area contributed by atoms with Gasteiger partial charge in [0.2, 0.25) is 0 Å². The van der Waals surface area contributed by atoms with E-state index in [-0.39, 0.29) is 0 Å². The van der Waals surface area contributed by atoms with E-state index >= 15 is 0 Å². The molecule has 21 heavy (non-hydrogen) atoms. The molecule has 0 aromatic rings. The van der Waals surface area contributed by atoms with Gasteiger partial charge < -0.3 is 15.3 Å². The van der Waals surface area contributed by atoms with Crippen molar-refractivity contribution < 1.29 is 9.90 Å². The van der Waals surface area contributed by atoms with Gasteiger partial charge in [-0.3, -0.25) is 4.79 Å². The summed E-state index contributed by atoms with van der Waals surface area (Å²) in [7, 11) is 0. The van der Waals surface area contributed by atoms with Crippen LogP contribution in [0.1, 0.15) is 51.9 Å². The number of carbonyl (C=O) groups is 1. The Balaban J connectivity index is 1.55. The molecule has 0 amide bonds. The molecular weight excluding hydrogens is 264 g/mol. The molecule has 4 atom stereocenters. The topological polar surface area (TPSA) is 52.6 Å². The highest BCUT2D eigenvalue weighted by Crippen LogP contribution is 2.40. The molecule has 4 nitrogen and oxygen atoms in total. The lowest BCUT2D eigenvalue weighted by atomic mass is 9.84. The van der Waals surface area contributed by atoms with Crippen molar-refractivity contribution in [2.75, 3.05) is 26.2 Å². The molecule has 4 unspecified atom stereocenters. The van der Waals surface area contributed by atoms with Gasteiger partial charge in [-0.05, 0) is 62.9 Å². The maximum absolute atomic E-state index is 11.8. The minimum atomic E-state index is -0.648. The first-order valence-electron chi connectivity index (χ1n) is 8.86. The van der Waals surface area contributed by atoms with Crippen molar-refractivity contribution >= 4 is 5.97 Å². The minimum Gasteiger partial charge on any atom is -0.480 e. The van der Waals surface area contributed by atoms with Crippen molar-refractivity contribution in [3.8, 4) is 0 Å². The van der Waals surface area contributed by atoms with Crippen LogP contribution in [0.15, 0.2) is 0 Å². The van der Waals surface area contributed by atoms with Gasteiger partial charge in [0, 0.05) is 13.1 Å². The number of likely N-dealkylation sites (N-methyl/N-ethyl adjacent to an activating group) is 1. The van der Waals surface area contributed by atoms with Crippen molar-refractivity contribution in [1.82, 2.24) is 10.2 Å². The lowest BCUT2D eigenvalue weighted by molar-refractivity contribution is -0.146. The Labute approximate surface area is 128 Å². The Hall–Kier alpha value is -0.610. The van der Waals surface area contributed by atoms with E-state index in [0.29, 0.717) is 5.92 Å². The number of carboxylic acids is 1. The minimum absolute atomic E-state index is 0.301. The van der Waals surface area contributed by atoms with E-state index < -0.39 is 11.5 Å². The van der Waals surface area contributed by atoms with Crippen molar-refractivity contribution in [1.29, 1.82) is 0 Å². The van der Waals surface area contributed by atoms with Crippen LogP contribution in [0.4, 0.5) is 0 Å². The summed E-state index contributed by atoms with van der Waals surface area (Å²) in [6.07, 6.45) is 8.22. The van der Waals surface area contributed by atoms with Gasteiger partial charge in [0.15, 0.2) is 0 Å². The number of hydrogen-bond acceptors (Lipinski definition) is 3. The fourth-order valence-corrected chi connectivity index (χ4v) is 5.23. The van der Waals surface area contributed by atoms with Crippen molar-refractivity contribution in [2.24, 2.45) is 17.8 Å². The van der Waals surface area contributed by atoms with E-state index in [9.17, 15) is 9.90 Å². The molecule has 1 heterocycles. The first kappa shape index (κ1) is 15.3. The van der Waals surface area contributed by atoms with Crippen LogP contribution in [0.5, 0.6) is 0 Å². The number of nitrogens with zero attached hydrogens (tertiary/aromatic N) is 1. The lowest BCUT2D eigenvalue weighted by Gasteiger charge is -2.33. The van der Waals surface area contributed by atoms with Crippen molar-refractivity contribution in [3.63, 3.8) is 0 Å². The highest BCUT2D eigenvalue weighted by Gasteiger charge is 2.48. The fraction of sp³-hybridized carbons (Fsp3) is 0.941. The van der Waals surface area contributed by atoms with E-state index in [0.717, 1.165) is 50.6 Å². The highest BCUT2D eigenvalue weighted by atomic mass is 16.4. The van der Waals surface area contributed by atoms with Crippen LogP contribution in [0.3, 0.4) is 0 Å². The summed E-state index contributed by atoms with van der Waals surface area (Å²) in [4.78, 5) is 14.4. The third-order valence-electron chi connectivity index (χ3n) is 6.29. The van der Waals surface area contributed by atoms with Gasteiger partial charge in [0.25, 0.3) is 0 Å². The molecule has 0 aromatic heterocycles. The van der Waals surface area contributed by atoms with Gasteiger partial charge in [-0.25, -0.2) is 0 Å². The zero-order chi connectivity index (χ0) is 14.9. The molecular formula is C17H30N2O2. The second kappa shape index (κ2) is 6.25. The third-order valence-corrected chi connectivity index (χ3v) is 6.29. The summed E-state index contributed by atoms with van der Waals surface area (Å²) in [6, 6.07) is 0. The molecule has 0 bridgehead atoms. The number of fused-ring (bicyclic) bond motifs is 1. The van der Waals surface area contributed by atoms with Crippen LogP contribution in [-0.4, -0.2) is 47.7 Å². The second-order valence-electron chi connectivity index (χ2n) is 7.40. The number of aliphatic carboxylic acids is 1. The Bertz CT molecular complexity index is 375. The molecule has 2 saturated carbocycles. The van der Waals surface area contributed by atoms with Crippen molar-refractivity contribution in [2.45, 2.75) is 57.4 Å². The second-order valence-corrected chi connectivity index (χ2v) is 7.40. The largest absolute Gasteiger partial charge is 0.480 e. The van der Waals surface area contributed by atoms with Gasteiger partial charge in [0.05, 0.1) is 0 Å². The molecule has 3 aliphatic rings. The predicted octanol–water partition coefficient (Wildman–Crippen LogP) is 2.34. The molecule has 2 aliphatic carbocycles. The molecule has 2 N–H and O–H groups in total. The average molecular weight is 294 g/mol. The van der Waals surface area contributed by atoms with Crippen LogP contribution in [0.2, 0.25) is 0 Å². The van der Waals surface area contributed by atoms with Gasteiger partial charge in [-0.15, -0.1) is 0 Å². The predicted molar refractivity (Wildman–Crippen MR) is 83.3 cm³/mol. The van der Waals surface area contributed by atoms with E-state index in [2.05, 4.69) is 10.2 Å². The molecule has 1 saturated heterocycles. The summed E-state index contributed by atoms with van der Waals surface area (Å²) in [5.41, 5.74) is -0.648. The monoisotopic (exact) mass is 294 g/mol. The maximum Gasteiger partial charge on any atom is 0.324 e. The van der Waals surface area contributed by atoms with Gasteiger partial charge >= 0.3 is 5.97 Å². The number of nitrogens with one attached hydrogen (secondary N) is 1. The molecule has 0 radical (unpaired) electrons. The lowest BCUT2D eigenvalue weighted by Crippen LogP contribution is -2.55. The Morgan fingerprint density at radius 1 is 1.24 bits per heavy atom. The quantitative estimate of drug-likeness (QED) is 0.789. The van der Waals surface area contributed by atoms with Gasteiger partial charge in [-0.2, -0.15) is 0 Å². The summed E-state index contributed by atoms with van der Waals surface area (Å²) < 4.78 is 0. The summed E-state index contributed by atoms with van der Waals surface area (Å²) in [6.45, 7) is 6.38. The zero-order valence-electron chi connectivity index (χ0n) is 13.3. The summed E-state index contributed by atoms with van der Waals surface area (Å²) >= 11 is 0. The van der Waals surface area contributed by atoms with E-state index in [1.165, 1.54) is 32.4 Å². The van der Waals surface area contributed by atoms with Crippen LogP contribution >= 0.6 is 0 Å². The van der Waals surface area contributed by atoms with E-state index in [1.54, 1.807) is 0 Å². The van der Waals surface area contributed by atoms with E-state index in [4.69, 9.17) is 0 Å². The Kier molecular flexibility index (Phi) is 4.55. The number of carboxylic acid groups (broad SMARTS) is 1. The molecule has 3 rings (SSSR count). The standard InChI is InChI=1S/C17H30N2O2/c1-2-18-17(16(20)21)9-4-7-15(17)8-10-19-11-13-5-3-6-14(13)12-19/h13-15,18H,2-12H2,1H3,(H,20,21). The first-order chi connectivity index (χ1) is 10.2. The molecule has 120 valence electrons. The Morgan fingerprint density at radius 3 is 2.57 bits per heavy atom. The number of likely N-dealkylation sites (tertiary alicyclic amines) is 1. The molecule has 3 fully saturated rings. The zero-order valence-corrected chi connectivity index (χ0v) is 13.3. The van der Waals surface area contributed by atoms with Crippen molar-refractivity contribution in [3.05, 3.63) is 0 Å². The van der Waals surface area contributed by atoms with Crippen LogP contribution in [-0.2, 0) is 4.79 Å². The molecule has 0 aromatic carbocycles. The Morgan fingerprint density at radius 2 is 1.95 bits per heavy atom. The fourth-order valence-electron chi connectivity index (χ4n) is 5.23. The van der Waals surface area contributed by atoms with Crippen LogP contribution < -0.4 is 5.32 Å². The SMILES string of the molecule is CCNC1(C(=O)O)CCCC1CCN1CC2CCCC2C1. The van der Waals surface area contributed by atoms with Crippen LogP contribution in [0.25, 0.3) is 0 Å². The average Bonchev–Trinajstić information content (AvgIpc) is 3.10. The number of hydrogen-bond donors (Lipinski definition) is 2. The first-order valence-corrected chi connectivity index (χ1v) is 8.86. The van der Waals surface area contributed by atoms with Gasteiger partial charge in [-0.1, -0.05) is 19.8 Å². The highest BCUT2D eigenvalue weighted by molar-refractivity contribution is 5.79. The van der Waals surface area contributed by atoms with Crippen LogP contribution in [0, 0.1) is 17.8 Å². The molecule has 0 spiro atoms. The smallest absolute Gasteiger partial charge is 0.324 e. The van der Waals surface area contributed by atoms with Gasteiger partial charge in [0.1, 0.15) is 5.54 Å².